The van der Waals surface area contributed by atoms with Gasteiger partial charge >= 0.3 is 0 Å². The highest BCUT2D eigenvalue weighted by atomic mass is 16.1. The van der Waals surface area contributed by atoms with Crippen molar-refractivity contribution in [2.75, 3.05) is 0 Å². The van der Waals surface area contributed by atoms with Crippen LogP contribution in [0.3, 0.4) is 0 Å². The zero-order chi connectivity index (χ0) is 12.4. The van der Waals surface area contributed by atoms with Gasteiger partial charge in [0.2, 0.25) is 0 Å². The minimum atomic E-state index is 0.186. The standard InChI is InChI=1S/C15H16N2O/c18-15(11-5-2-1-3-6-11)12-7-4-8-13-14(12)17-10-9-16-13/h4,7-11H,1-3,5-6H2. The van der Waals surface area contributed by atoms with Gasteiger partial charge < -0.3 is 0 Å². The first-order chi connectivity index (χ1) is 8.86. The molecule has 92 valence electrons. The van der Waals surface area contributed by atoms with Crippen LogP contribution in [0.2, 0.25) is 0 Å². The third kappa shape index (κ3) is 2.01. The Hall–Kier alpha value is -1.77. The van der Waals surface area contributed by atoms with Crippen LogP contribution >= 0.6 is 0 Å². The lowest BCUT2D eigenvalue weighted by Crippen LogP contribution is -2.18. The smallest absolute Gasteiger partial charge is 0.168 e. The number of hydrogen-bond donors (Lipinski definition) is 0. The van der Waals surface area contributed by atoms with Crippen LogP contribution in [-0.4, -0.2) is 15.8 Å². The number of nitrogens with zero attached hydrogens (tertiary/aromatic N) is 2. The third-order valence-electron chi connectivity index (χ3n) is 3.74. The van der Waals surface area contributed by atoms with Crippen LogP contribution in [0.1, 0.15) is 42.5 Å². The van der Waals surface area contributed by atoms with Crippen molar-refractivity contribution in [2.45, 2.75) is 32.1 Å². The lowest BCUT2D eigenvalue weighted by molar-refractivity contribution is 0.0891. The summed E-state index contributed by atoms with van der Waals surface area (Å²) in [6.45, 7) is 0. The number of ketones is 1. The van der Waals surface area contributed by atoms with E-state index in [1.54, 1.807) is 12.4 Å². The van der Waals surface area contributed by atoms with E-state index in [1.165, 1.54) is 19.3 Å². The van der Waals surface area contributed by atoms with Crippen molar-refractivity contribution < 1.29 is 4.79 Å². The summed E-state index contributed by atoms with van der Waals surface area (Å²) < 4.78 is 0. The molecule has 0 spiro atoms. The second-order valence-corrected chi connectivity index (χ2v) is 4.93. The lowest BCUT2D eigenvalue weighted by Gasteiger charge is -2.20. The minimum Gasteiger partial charge on any atom is -0.294 e. The van der Waals surface area contributed by atoms with Gasteiger partial charge in [-0.25, -0.2) is 0 Å². The molecule has 18 heavy (non-hydrogen) atoms. The maximum atomic E-state index is 12.5. The Labute approximate surface area is 106 Å². The molecular weight excluding hydrogens is 224 g/mol. The van der Waals surface area contributed by atoms with Gasteiger partial charge in [0.15, 0.2) is 5.78 Å². The molecule has 0 unspecified atom stereocenters. The van der Waals surface area contributed by atoms with Gasteiger partial charge in [-0.15, -0.1) is 0 Å². The Morgan fingerprint density at radius 1 is 1.06 bits per heavy atom. The maximum absolute atomic E-state index is 12.5. The topological polar surface area (TPSA) is 42.9 Å². The van der Waals surface area contributed by atoms with Gasteiger partial charge in [-0.2, -0.15) is 0 Å². The molecule has 3 rings (SSSR count). The van der Waals surface area contributed by atoms with Gasteiger partial charge in [-0.3, -0.25) is 14.8 Å². The van der Waals surface area contributed by atoms with Crippen molar-refractivity contribution in [3.05, 3.63) is 36.2 Å². The van der Waals surface area contributed by atoms with Gasteiger partial charge in [0.05, 0.1) is 11.0 Å². The Morgan fingerprint density at radius 3 is 2.67 bits per heavy atom. The average Bonchev–Trinajstić information content (AvgIpc) is 2.47. The highest BCUT2D eigenvalue weighted by molar-refractivity contribution is 6.07. The van der Waals surface area contributed by atoms with Gasteiger partial charge in [0.25, 0.3) is 0 Å². The Kier molecular flexibility index (Phi) is 3.05. The van der Waals surface area contributed by atoms with E-state index in [0.717, 1.165) is 29.4 Å². The fourth-order valence-corrected chi connectivity index (χ4v) is 2.78. The van der Waals surface area contributed by atoms with Crippen LogP contribution in [0, 0.1) is 5.92 Å². The number of fused-ring (bicyclic) bond motifs is 1. The first-order valence-corrected chi connectivity index (χ1v) is 6.60. The molecule has 2 aromatic rings. The summed E-state index contributed by atoms with van der Waals surface area (Å²) in [4.78, 5) is 21.1. The van der Waals surface area contributed by atoms with Gasteiger partial charge in [0.1, 0.15) is 0 Å². The average molecular weight is 240 g/mol. The van der Waals surface area contributed by atoms with E-state index in [2.05, 4.69) is 9.97 Å². The van der Waals surface area contributed by atoms with E-state index in [4.69, 9.17) is 0 Å². The summed E-state index contributed by atoms with van der Waals surface area (Å²) in [5, 5.41) is 0. The fourth-order valence-electron chi connectivity index (χ4n) is 2.78. The first kappa shape index (κ1) is 11.3. The van der Waals surface area contributed by atoms with Crippen LogP contribution in [0.5, 0.6) is 0 Å². The SMILES string of the molecule is O=C(c1cccc2nccnc12)C1CCCCC1. The normalized spacial score (nSPS) is 16.9. The van der Waals surface area contributed by atoms with Crippen molar-refractivity contribution in [3.8, 4) is 0 Å². The molecule has 0 amide bonds. The summed E-state index contributed by atoms with van der Waals surface area (Å²) in [6, 6.07) is 5.68. The van der Waals surface area contributed by atoms with Crippen LogP contribution in [0.25, 0.3) is 11.0 Å². The Morgan fingerprint density at radius 2 is 1.83 bits per heavy atom. The maximum Gasteiger partial charge on any atom is 0.168 e. The molecule has 0 saturated heterocycles. The predicted molar refractivity (Wildman–Crippen MR) is 70.4 cm³/mol. The van der Waals surface area contributed by atoms with E-state index in [9.17, 15) is 4.79 Å². The number of hydrogen-bond acceptors (Lipinski definition) is 3. The van der Waals surface area contributed by atoms with Crippen molar-refractivity contribution >= 4 is 16.8 Å². The Balaban J connectivity index is 2.00. The number of para-hydroxylation sites is 1. The van der Waals surface area contributed by atoms with Crippen molar-refractivity contribution in [3.63, 3.8) is 0 Å². The number of Topliss-reactive ketones (excluding diaryl/α,β-unsaturated/α-hetero) is 1. The molecule has 1 fully saturated rings. The minimum absolute atomic E-state index is 0.186. The second-order valence-electron chi connectivity index (χ2n) is 4.93. The monoisotopic (exact) mass is 240 g/mol. The zero-order valence-corrected chi connectivity index (χ0v) is 10.3. The summed E-state index contributed by atoms with van der Waals surface area (Å²) in [5.41, 5.74) is 2.29. The first-order valence-electron chi connectivity index (χ1n) is 6.60. The van der Waals surface area contributed by atoms with E-state index >= 15 is 0 Å². The molecule has 1 aromatic carbocycles. The summed E-state index contributed by atoms with van der Waals surface area (Å²) in [7, 11) is 0. The molecule has 0 atom stereocenters. The summed E-state index contributed by atoms with van der Waals surface area (Å²) in [6.07, 6.45) is 8.97. The molecule has 1 aliphatic rings. The number of benzene rings is 1. The molecule has 3 nitrogen and oxygen atoms in total. The molecule has 1 aliphatic carbocycles. The molecule has 0 radical (unpaired) electrons. The predicted octanol–water partition coefficient (Wildman–Crippen LogP) is 3.39. The van der Waals surface area contributed by atoms with Crippen molar-refractivity contribution in [2.24, 2.45) is 5.92 Å². The van der Waals surface area contributed by atoms with E-state index in [0.29, 0.717) is 0 Å². The quantitative estimate of drug-likeness (QED) is 0.756. The van der Waals surface area contributed by atoms with Gasteiger partial charge in [0, 0.05) is 23.9 Å². The highest BCUT2D eigenvalue weighted by Gasteiger charge is 2.24. The largest absolute Gasteiger partial charge is 0.294 e. The van der Waals surface area contributed by atoms with Gasteiger partial charge in [-0.1, -0.05) is 25.3 Å². The molecule has 0 bridgehead atoms. The van der Waals surface area contributed by atoms with E-state index in [-0.39, 0.29) is 11.7 Å². The van der Waals surface area contributed by atoms with Crippen molar-refractivity contribution in [1.29, 1.82) is 0 Å². The van der Waals surface area contributed by atoms with Crippen LogP contribution in [0.4, 0.5) is 0 Å². The number of carbonyl (C=O) groups excluding carboxylic acids is 1. The molecular formula is C15H16N2O. The van der Waals surface area contributed by atoms with Gasteiger partial charge in [-0.05, 0) is 25.0 Å². The molecule has 3 heteroatoms. The molecule has 1 aromatic heterocycles. The lowest BCUT2D eigenvalue weighted by atomic mass is 9.83. The number of rotatable bonds is 2. The van der Waals surface area contributed by atoms with E-state index < -0.39 is 0 Å². The third-order valence-corrected chi connectivity index (χ3v) is 3.74. The fraction of sp³-hybridized carbons (Fsp3) is 0.400. The highest BCUT2D eigenvalue weighted by Crippen LogP contribution is 2.28. The zero-order valence-electron chi connectivity index (χ0n) is 10.3. The summed E-state index contributed by atoms with van der Waals surface area (Å²) >= 11 is 0. The van der Waals surface area contributed by atoms with E-state index in [1.807, 2.05) is 18.2 Å². The second kappa shape index (κ2) is 4.84. The molecule has 1 heterocycles. The molecule has 0 aliphatic heterocycles. The Bertz CT molecular complexity index is 568. The summed E-state index contributed by atoms with van der Waals surface area (Å²) in [5.74, 6) is 0.437. The number of aromatic nitrogens is 2. The molecule has 1 saturated carbocycles. The molecule has 0 N–H and O–H groups in total. The van der Waals surface area contributed by atoms with Crippen LogP contribution < -0.4 is 0 Å². The van der Waals surface area contributed by atoms with Crippen molar-refractivity contribution in [1.82, 2.24) is 9.97 Å². The van der Waals surface area contributed by atoms with Crippen LogP contribution in [0.15, 0.2) is 30.6 Å². The van der Waals surface area contributed by atoms with Crippen LogP contribution in [-0.2, 0) is 0 Å². The number of carbonyl (C=O) groups is 1.